The Bertz CT molecular complexity index is 908. The van der Waals surface area contributed by atoms with Crippen LogP contribution in [0.25, 0.3) is 0 Å². The van der Waals surface area contributed by atoms with E-state index in [2.05, 4.69) is 26.1 Å². The van der Waals surface area contributed by atoms with Crippen molar-refractivity contribution >= 4 is 35.0 Å². The van der Waals surface area contributed by atoms with Crippen molar-refractivity contribution in [2.75, 3.05) is 13.2 Å². The van der Waals surface area contributed by atoms with Gasteiger partial charge in [0.1, 0.15) is 11.8 Å². The van der Waals surface area contributed by atoms with E-state index in [1.54, 1.807) is 25.1 Å². The van der Waals surface area contributed by atoms with E-state index >= 15 is 0 Å². The molecule has 0 unspecified atom stereocenters. The number of hydrogen-bond donors (Lipinski definition) is 1. The molecule has 0 aromatic heterocycles. The third-order valence-corrected chi connectivity index (χ3v) is 5.68. The number of nitrogens with zero attached hydrogens (tertiary/aromatic N) is 1. The molecule has 5 nitrogen and oxygen atoms in total. The normalized spacial score (nSPS) is 12.2. The Morgan fingerprint density at radius 3 is 2.26 bits per heavy atom. The molecule has 1 atom stereocenters. The van der Waals surface area contributed by atoms with Crippen molar-refractivity contribution < 1.29 is 14.3 Å². The lowest BCUT2D eigenvalue weighted by molar-refractivity contribution is -0.142. The number of nitrogens with one attached hydrogen (secondary N) is 1. The van der Waals surface area contributed by atoms with Gasteiger partial charge < -0.3 is 15.0 Å². The van der Waals surface area contributed by atoms with Gasteiger partial charge >= 0.3 is 0 Å². The molecular weight excluding hydrogens is 435 g/mol. The number of ether oxygens (including phenoxy) is 1. The second-order valence-corrected chi connectivity index (χ2v) is 9.22. The van der Waals surface area contributed by atoms with Crippen molar-refractivity contribution in [3.8, 4) is 5.75 Å². The van der Waals surface area contributed by atoms with Gasteiger partial charge in [-0.15, -0.1) is 0 Å². The summed E-state index contributed by atoms with van der Waals surface area (Å²) in [6.07, 6.45) is 0. The first-order valence-electron chi connectivity index (χ1n) is 10.3. The van der Waals surface area contributed by atoms with E-state index in [0.29, 0.717) is 22.3 Å². The van der Waals surface area contributed by atoms with Gasteiger partial charge in [-0.2, -0.15) is 0 Å². The molecule has 0 aliphatic rings. The van der Waals surface area contributed by atoms with Crippen LogP contribution in [-0.2, 0) is 21.5 Å². The van der Waals surface area contributed by atoms with Crippen LogP contribution in [0, 0.1) is 0 Å². The van der Waals surface area contributed by atoms with Crippen LogP contribution in [0.2, 0.25) is 10.0 Å². The zero-order chi connectivity index (χ0) is 23.2. The highest BCUT2D eigenvalue weighted by Crippen LogP contribution is 2.25. The average Bonchev–Trinajstić information content (AvgIpc) is 2.72. The fraction of sp³-hybridized carbons (Fsp3) is 0.417. The summed E-state index contributed by atoms with van der Waals surface area (Å²) < 4.78 is 5.72. The second kappa shape index (κ2) is 10.9. The lowest BCUT2D eigenvalue weighted by Gasteiger charge is -2.28. The molecule has 0 heterocycles. The third kappa shape index (κ3) is 7.15. The highest BCUT2D eigenvalue weighted by molar-refractivity contribution is 6.42. The van der Waals surface area contributed by atoms with Crippen molar-refractivity contribution in [2.24, 2.45) is 0 Å². The Labute approximate surface area is 194 Å². The van der Waals surface area contributed by atoms with E-state index in [1.807, 2.05) is 31.2 Å². The first-order valence-corrected chi connectivity index (χ1v) is 11.0. The lowest BCUT2D eigenvalue weighted by atomic mass is 9.87. The van der Waals surface area contributed by atoms with Crippen molar-refractivity contribution in [3.63, 3.8) is 0 Å². The van der Waals surface area contributed by atoms with E-state index in [9.17, 15) is 9.59 Å². The van der Waals surface area contributed by atoms with Gasteiger partial charge in [0.2, 0.25) is 5.91 Å². The Morgan fingerprint density at radius 1 is 1.06 bits per heavy atom. The molecule has 0 fully saturated rings. The fourth-order valence-electron chi connectivity index (χ4n) is 3.02. The topological polar surface area (TPSA) is 58.6 Å². The van der Waals surface area contributed by atoms with Gasteiger partial charge in [0, 0.05) is 13.1 Å². The molecular formula is C24H30Cl2N2O3. The van der Waals surface area contributed by atoms with Crippen molar-refractivity contribution in [3.05, 3.63) is 63.6 Å². The molecule has 31 heavy (non-hydrogen) atoms. The minimum atomic E-state index is -0.672. The zero-order valence-electron chi connectivity index (χ0n) is 18.7. The van der Waals surface area contributed by atoms with Crippen LogP contribution in [0.1, 0.15) is 45.7 Å². The maximum Gasteiger partial charge on any atom is 0.261 e. The monoisotopic (exact) mass is 464 g/mol. The molecule has 0 aliphatic carbocycles. The summed E-state index contributed by atoms with van der Waals surface area (Å²) in [5.41, 5.74) is 1.98. The molecule has 2 rings (SSSR count). The maximum absolute atomic E-state index is 13.0. The molecule has 0 saturated carbocycles. The molecule has 7 heteroatoms. The lowest BCUT2D eigenvalue weighted by Crippen LogP contribution is -2.49. The van der Waals surface area contributed by atoms with Crippen LogP contribution in [0.3, 0.4) is 0 Å². The Morgan fingerprint density at radius 2 is 1.71 bits per heavy atom. The summed E-state index contributed by atoms with van der Waals surface area (Å²) in [5.74, 6) is 0.0664. The Kier molecular flexibility index (Phi) is 8.78. The van der Waals surface area contributed by atoms with Crippen LogP contribution < -0.4 is 10.1 Å². The van der Waals surface area contributed by atoms with Crippen LogP contribution >= 0.6 is 23.2 Å². The van der Waals surface area contributed by atoms with Gasteiger partial charge in [-0.3, -0.25) is 9.59 Å². The van der Waals surface area contributed by atoms with Crippen LogP contribution in [0.15, 0.2) is 42.5 Å². The summed E-state index contributed by atoms with van der Waals surface area (Å²) in [4.78, 5) is 26.9. The SMILES string of the molecule is CCNC(=O)[C@H](C)N(Cc1ccc(Cl)c(Cl)c1)C(=O)COc1ccc(C(C)(C)C)cc1. The first-order chi connectivity index (χ1) is 14.5. The van der Waals surface area contributed by atoms with E-state index in [0.717, 1.165) is 5.56 Å². The van der Waals surface area contributed by atoms with Gasteiger partial charge in [-0.1, -0.05) is 62.2 Å². The number of rotatable bonds is 8. The quantitative estimate of drug-likeness (QED) is 0.582. The smallest absolute Gasteiger partial charge is 0.261 e. The highest BCUT2D eigenvalue weighted by atomic mass is 35.5. The Hall–Kier alpha value is -2.24. The van der Waals surface area contributed by atoms with Crippen LogP contribution in [-0.4, -0.2) is 35.9 Å². The minimum absolute atomic E-state index is 0.0348. The molecule has 2 aromatic rings. The number of halogens is 2. The van der Waals surface area contributed by atoms with E-state index in [-0.39, 0.29) is 30.4 Å². The molecule has 2 amide bonds. The van der Waals surface area contributed by atoms with Gasteiger partial charge in [-0.05, 0) is 54.7 Å². The number of carbonyl (C=O) groups is 2. The number of carbonyl (C=O) groups excluding carboxylic acids is 2. The molecule has 0 aliphatic heterocycles. The summed E-state index contributed by atoms with van der Waals surface area (Å²) in [6.45, 7) is 10.4. The number of hydrogen-bond acceptors (Lipinski definition) is 3. The highest BCUT2D eigenvalue weighted by Gasteiger charge is 2.26. The van der Waals surface area contributed by atoms with E-state index < -0.39 is 6.04 Å². The molecule has 2 aromatic carbocycles. The van der Waals surface area contributed by atoms with Gasteiger partial charge in [0.25, 0.3) is 5.91 Å². The van der Waals surface area contributed by atoms with Crippen LogP contribution in [0.5, 0.6) is 5.75 Å². The van der Waals surface area contributed by atoms with Gasteiger partial charge in [-0.25, -0.2) is 0 Å². The summed E-state index contributed by atoms with van der Waals surface area (Å²) in [6, 6.07) is 12.2. The number of amides is 2. The Balaban J connectivity index is 2.15. The number of benzene rings is 2. The molecule has 0 spiro atoms. The van der Waals surface area contributed by atoms with Crippen LogP contribution in [0.4, 0.5) is 0 Å². The molecule has 168 valence electrons. The molecule has 1 N–H and O–H groups in total. The van der Waals surface area contributed by atoms with Gasteiger partial charge in [0.05, 0.1) is 10.0 Å². The molecule has 0 radical (unpaired) electrons. The van der Waals surface area contributed by atoms with Gasteiger partial charge in [0.15, 0.2) is 6.61 Å². The number of likely N-dealkylation sites (N-methyl/N-ethyl adjacent to an activating group) is 1. The predicted octanol–water partition coefficient (Wildman–Crippen LogP) is 5.22. The summed E-state index contributed by atoms with van der Waals surface area (Å²) in [7, 11) is 0. The molecule has 0 bridgehead atoms. The average molecular weight is 465 g/mol. The predicted molar refractivity (Wildman–Crippen MR) is 126 cm³/mol. The summed E-state index contributed by atoms with van der Waals surface area (Å²) >= 11 is 12.1. The molecule has 0 saturated heterocycles. The summed E-state index contributed by atoms with van der Waals surface area (Å²) in [5, 5.41) is 3.59. The van der Waals surface area contributed by atoms with E-state index in [1.165, 1.54) is 10.5 Å². The largest absolute Gasteiger partial charge is 0.484 e. The van der Waals surface area contributed by atoms with Crippen molar-refractivity contribution in [1.82, 2.24) is 10.2 Å². The van der Waals surface area contributed by atoms with Crippen molar-refractivity contribution in [1.29, 1.82) is 0 Å². The third-order valence-electron chi connectivity index (χ3n) is 4.94. The zero-order valence-corrected chi connectivity index (χ0v) is 20.2. The first kappa shape index (κ1) is 25.0. The standard InChI is InChI=1S/C24H30Cl2N2O3/c1-6-27-23(30)16(2)28(14-17-7-12-20(25)21(26)13-17)22(29)15-31-19-10-8-18(9-11-19)24(3,4)5/h7-13,16H,6,14-15H2,1-5H3,(H,27,30)/t16-/m0/s1. The maximum atomic E-state index is 13.0. The minimum Gasteiger partial charge on any atom is -0.484 e. The second-order valence-electron chi connectivity index (χ2n) is 8.40. The van der Waals surface area contributed by atoms with E-state index in [4.69, 9.17) is 27.9 Å². The fourth-order valence-corrected chi connectivity index (χ4v) is 3.34. The van der Waals surface area contributed by atoms with Crippen molar-refractivity contribution in [2.45, 2.75) is 52.6 Å².